The van der Waals surface area contributed by atoms with Crippen molar-refractivity contribution in [2.75, 3.05) is 13.0 Å². The maximum Gasteiger partial charge on any atom is 0.356 e. The first kappa shape index (κ1) is 23.7. The molecular formula is C27H31O5P. The van der Waals surface area contributed by atoms with Crippen LogP contribution in [-0.2, 0) is 24.0 Å². The smallest absolute Gasteiger partial charge is 0.356 e. The van der Waals surface area contributed by atoms with Gasteiger partial charge < -0.3 is 14.4 Å². The Morgan fingerprint density at radius 2 is 1.79 bits per heavy atom. The van der Waals surface area contributed by atoms with Gasteiger partial charge in [0.05, 0.1) is 12.7 Å². The van der Waals surface area contributed by atoms with Crippen molar-refractivity contribution in [1.82, 2.24) is 0 Å². The summed E-state index contributed by atoms with van der Waals surface area (Å²) >= 11 is 0. The number of aromatic hydroxyl groups is 1. The van der Waals surface area contributed by atoms with Crippen LogP contribution in [0.15, 0.2) is 78.9 Å². The average Bonchev–Trinajstić information content (AvgIpc) is 2.82. The summed E-state index contributed by atoms with van der Waals surface area (Å²) in [5.41, 5.74) is 3.16. The van der Waals surface area contributed by atoms with Gasteiger partial charge in [-0.2, -0.15) is 0 Å². The van der Waals surface area contributed by atoms with E-state index in [0.29, 0.717) is 13.0 Å². The second-order valence-corrected chi connectivity index (χ2v) is 10.5. The third-order valence-corrected chi connectivity index (χ3v) is 7.59. The molecule has 3 unspecified atom stereocenters. The fourth-order valence-electron chi connectivity index (χ4n) is 4.44. The second kappa shape index (κ2) is 10.2. The molecule has 0 amide bonds. The first-order valence-electron chi connectivity index (χ1n) is 11.4. The number of ether oxygens (including phenoxy) is 1. The van der Waals surface area contributed by atoms with Gasteiger partial charge in [-0.1, -0.05) is 85.6 Å². The fourth-order valence-corrected chi connectivity index (χ4v) is 6.01. The van der Waals surface area contributed by atoms with E-state index < -0.39 is 19.3 Å². The van der Waals surface area contributed by atoms with Crippen LogP contribution in [0.3, 0.4) is 0 Å². The molecule has 5 nitrogen and oxygen atoms in total. The molecule has 3 aromatic rings. The lowest BCUT2D eigenvalue weighted by molar-refractivity contribution is -0.0207. The van der Waals surface area contributed by atoms with E-state index in [1.165, 1.54) is 0 Å². The summed E-state index contributed by atoms with van der Waals surface area (Å²) in [5, 5.41) is 9.84. The maximum absolute atomic E-state index is 13.7. The molecule has 0 spiro atoms. The van der Waals surface area contributed by atoms with E-state index in [0.717, 1.165) is 35.1 Å². The molecule has 1 heterocycles. The van der Waals surface area contributed by atoms with E-state index in [2.05, 4.69) is 32.0 Å². The highest BCUT2D eigenvalue weighted by atomic mass is 31.2. The van der Waals surface area contributed by atoms with Crippen molar-refractivity contribution in [1.29, 1.82) is 0 Å². The minimum Gasteiger partial charge on any atom is -0.508 e. The SMILES string of the molecule is CCCC(OCP1(=O)OCCC(c2cccc(O)c2)O1)(c1ccccc1)c1cccc(C)c1. The van der Waals surface area contributed by atoms with Crippen LogP contribution in [0.2, 0.25) is 0 Å². The number of hydrogen-bond donors (Lipinski definition) is 1. The Morgan fingerprint density at radius 1 is 1.03 bits per heavy atom. The molecule has 4 rings (SSSR count). The third-order valence-electron chi connectivity index (χ3n) is 5.99. The van der Waals surface area contributed by atoms with E-state index in [9.17, 15) is 9.67 Å². The molecule has 0 aliphatic carbocycles. The Morgan fingerprint density at radius 3 is 2.52 bits per heavy atom. The highest BCUT2D eigenvalue weighted by molar-refractivity contribution is 7.53. The van der Waals surface area contributed by atoms with Crippen molar-refractivity contribution in [3.8, 4) is 5.75 Å². The largest absolute Gasteiger partial charge is 0.508 e. The first-order valence-corrected chi connectivity index (χ1v) is 13.1. The van der Waals surface area contributed by atoms with E-state index in [-0.39, 0.29) is 12.1 Å². The molecule has 6 heteroatoms. The zero-order chi connectivity index (χ0) is 23.3. The number of rotatable bonds is 8. The Balaban J connectivity index is 1.64. The van der Waals surface area contributed by atoms with Crippen LogP contribution in [0.4, 0.5) is 0 Å². The average molecular weight is 467 g/mol. The van der Waals surface area contributed by atoms with Gasteiger partial charge in [-0.15, -0.1) is 0 Å². The van der Waals surface area contributed by atoms with Gasteiger partial charge in [0.1, 0.15) is 17.7 Å². The monoisotopic (exact) mass is 466 g/mol. The summed E-state index contributed by atoms with van der Waals surface area (Å²) in [6, 6.07) is 25.2. The van der Waals surface area contributed by atoms with Crippen molar-refractivity contribution in [3.63, 3.8) is 0 Å². The Bertz CT molecular complexity index is 1120. The number of aryl methyl sites for hydroxylation is 1. The second-order valence-electron chi connectivity index (χ2n) is 8.51. The van der Waals surface area contributed by atoms with E-state index >= 15 is 0 Å². The highest BCUT2D eigenvalue weighted by Gasteiger charge is 2.41. The number of phenolic OH excluding ortho intramolecular Hbond substituents is 1. The third kappa shape index (κ3) is 5.39. The molecule has 3 atom stereocenters. The zero-order valence-corrected chi connectivity index (χ0v) is 20.0. The van der Waals surface area contributed by atoms with Gasteiger partial charge in [0, 0.05) is 6.42 Å². The van der Waals surface area contributed by atoms with Crippen molar-refractivity contribution in [2.45, 2.75) is 44.8 Å². The summed E-state index contributed by atoms with van der Waals surface area (Å²) in [5.74, 6) is 0.152. The normalized spacial score (nSPS) is 22.5. The van der Waals surface area contributed by atoms with Crippen LogP contribution in [0, 0.1) is 6.92 Å². The van der Waals surface area contributed by atoms with Gasteiger partial charge in [0.2, 0.25) is 0 Å². The summed E-state index contributed by atoms with van der Waals surface area (Å²) < 4.78 is 31.9. The maximum atomic E-state index is 13.7. The van der Waals surface area contributed by atoms with Gasteiger partial charge in [-0.3, -0.25) is 9.09 Å². The van der Waals surface area contributed by atoms with Crippen LogP contribution in [0.5, 0.6) is 5.75 Å². The number of hydrogen-bond acceptors (Lipinski definition) is 5. The molecule has 1 aliphatic heterocycles. The van der Waals surface area contributed by atoms with Crippen LogP contribution in [0.1, 0.15) is 54.5 Å². The molecule has 0 aromatic heterocycles. The molecule has 33 heavy (non-hydrogen) atoms. The highest BCUT2D eigenvalue weighted by Crippen LogP contribution is 2.57. The van der Waals surface area contributed by atoms with Gasteiger partial charge >= 0.3 is 7.60 Å². The topological polar surface area (TPSA) is 65.0 Å². The summed E-state index contributed by atoms with van der Waals surface area (Å²) in [6.45, 7) is 4.47. The van der Waals surface area contributed by atoms with Gasteiger partial charge in [-0.05, 0) is 42.2 Å². The van der Waals surface area contributed by atoms with Crippen LogP contribution >= 0.6 is 7.60 Å². The molecule has 1 aliphatic rings. The minimum absolute atomic E-state index is 0.152. The lowest BCUT2D eigenvalue weighted by atomic mass is 9.82. The summed E-state index contributed by atoms with van der Waals surface area (Å²) in [6.07, 6.45) is 1.57. The van der Waals surface area contributed by atoms with Gasteiger partial charge in [-0.25, -0.2) is 0 Å². The Kier molecular flexibility index (Phi) is 7.35. The lowest BCUT2D eigenvalue weighted by Crippen LogP contribution is -2.32. The van der Waals surface area contributed by atoms with Gasteiger partial charge in [0.15, 0.2) is 0 Å². The van der Waals surface area contributed by atoms with Crippen molar-refractivity contribution >= 4 is 7.60 Å². The van der Waals surface area contributed by atoms with E-state index in [1.54, 1.807) is 18.2 Å². The quantitative estimate of drug-likeness (QED) is 0.359. The molecule has 3 aromatic carbocycles. The van der Waals surface area contributed by atoms with Crippen molar-refractivity contribution in [3.05, 3.63) is 101 Å². The fraction of sp³-hybridized carbons (Fsp3) is 0.333. The molecular weight excluding hydrogens is 435 g/mol. The molecule has 1 saturated heterocycles. The summed E-state index contributed by atoms with van der Waals surface area (Å²) in [4.78, 5) is 0. The lowest BCUT2D eigenvalue weighted by Gasteiger charge is -2.37. The molecule has 0 bridgehead atoms. The molecule has 174 valence electrons. The molecule has 0 saturated carbocycles. The summed E-state index contributed by atoms with van der Waals surface area (Å²) in [7, 11) is -3.53. The Labute approximate surface area is 195 Å². The minimum atomic E-state index is -3.53. The Hall–Kier alpha value is -2.43. The van der Waals surface area contributed by atoms with Gasteiger partial charge in [0.25, 0.3) is 0 Å². The van der Waals surface area contributed by atoms with E-state index in [1.807, 2.05) is 42.5 Å². The first-order chi connectivity index (χ1) is 15.9. The predicted octanol–water partition coefficient (Wildman–Crippen LogP) is 7.09. The molecule has 0 radical (unpaired) electrons. The molecule has 1 fully saturated rings. The van der Waals surface area contributed by atoms with Crippen molar-refractivity contribution < 1.29 is 23.5 Å². The predicted molar refractivity (Wildman–Crippen MR) is 129 cm³/mol. The van der Waals surface area contributed by atoms with Crippen LogP contribution in [-0.4, -0.2) is 18.1 Å². The van der Waals surface area contributed by atoms with Crippen LogP contribution < -0.4 is 0 Å². The van der Waals surface area contributed by atoms with Crippen LogP contribution in [0.25, 0.3) is 0 Å². The van der Waals surface area contributed by atoms with Crippen molar-refractivity contribution in [2.24, 2.45) is 0 Å². The standard InChI is InChI=1S/C27H31O5P/c1-3-16-27(23-11-5-4-6-12-23,24-13-7-9-21(2)18-24)30-20-33(29)31-17-15-26(32-33)22-10-8-14-25(28)19-22/h4-14,18-19,26,28H,3,15-17,20H2,1-2H3. The number of phenols is 1. The number of benzene rings is 3. The molecule has 1 N–H and O–H groups in total. The zero-order valence-electron chi connectivity index (χ0n) is 19.1. The van der Waals surface area contributed by atoms with E-state index in [4.69, 9.17) is 13.8 Å².